The molecule has 0 amide bonds. The molecule has 0 aliphatic carbocycles. The Kier molecular flexibility index (Phi) is 6.35. The molecule has 8 heteroatoms. The Hall–Kier alpha value is -2.16. The van der Waals surface area contributed by atoms with Crippen LogP contribution >= 0.6 is 11.8 Å². The summed E-state index contributed by atoms with van der Waals surface area (Å²) in [7, 11) is 0. The Labute approximate surface area is 148 Å². The Morgan fingerprint density at radius 2 is 2.04 bits per heavy atom. The maximum absolute atomic E-state index is 12.5. The van der Waals surface area contributed by atoms with E-state index in [4.69, 9.17) is 4.74 Å². The van der Waals surface area contributed by atoms with Gasteiger partial charge in [0.2, 0.25) is 5.43 Å². The quantitative estimate of drug-likeness (QED) is 0.662. The normalized spacial score (nSPS) is 13.4. The van der Waals surface area contributed by atoms with E-state index in [0.29, 0.717) is 11.1 Å². The Balaban J connectivity index is 2.37. The van der Waals surface area contributed by atoms with Crippen LogP contribution in [0.25, 0.3) is 10.9 Å². The van der Waals surface area contributed by atoms with Crippen LogP contribution in [0.15, 0.2) is 29.2 Å². The molecule has 2 atom stereocenters. The summed E-state index contributed by atoms with van der Waals surface area (Å²) in [6.07, 6.45) is -1.14. The molecule has 1 aromatic carbocycles. The number of rotatable bonds is 6. The number of esters is 1. The van der Waals surface area contributed by atoms with Gasteiger partial charge in [-0.05, 0) is 24.6 Å². The lowest BCUT2D eigenvalue weighted by atomic mass is 10.0. The molecule has 3 N–H and O–H groups in total. The van der Waals surface area contributed by atoms with Gasteiger partial charge in [-0.25, -0.2) is 4.79 Å². The molecule has 2 aromatic rings. The molecule has 0 saturated heterocycles. The molecule has 0 bridgehead atoms. The van der Waals surface area contributed by atoms with Gasteiger partial charge >= 0.3 is 5.97 Å². The van der Waals surface area contributed by atoms with Crippen LogP contribution in [0, 0.1) is 0 Å². The van der Waals surface area contributed by atoms with Crippen LogP contribution in [0.4, 0.5) is 0 Å². The third-order valence-electron chi connectivity index (χ3n) is 3.56. The molecule has 0 radical (unpaired) electrons. The number of thioether (sulfide) groups is 1. The third kappa shape index (κ3) is 4.47. The summed E-state index contributed by atoms with van der Waals surface area (Å²) >= 11 is 0.903. The second-order valence-corrected chi connectivity index (χ2v) is 6.57. The standard InChI is InChI=1S/C17H19NO6S/c1-3-24-17(23)12-7-18-13-5-4-10(6-11(13)16(12)22)15(21)14(20)8-25-9(2)19/h4-7,14-15,20-21H,3,8H2,1-2H3,(H,18,22). The van der Waals surface area contributed by atoms with Gasteiger partial charge in [0.15, 0.2) is 5.12 Å². The minimum atomic E-state index is -1.26. The predicted molar refractivity (Wildman–Crippen MR) is 94.6 cm³/mol. The van der Waals surface area contributed by atoms with E-state index in [2.05, 4.69) is 4.98 Å². The molecule has 0 saturated carbocycles. The van der Waals surface area contributed by atoms with Crippen molar-refractivity contribution in [3.63, 3.8) is 0 Å². The molecular weight excluding hydrogens is 346 g/mol. The lowest BCUT2D eigenvalue weighted by Gasteiger charge is -2.17. The van der Waals surface area contributed by atoms with Crippen molar-refractivity contribution in [1.82, 2.24) is 4.98 Å². The van der Waals surface area contributed by atoms with Crippen molar-refractivity contribution in [3.8, 4) is 0 Å². The zero-order chi connectivity index (χ0) is 18.6. The fourth-order valence-electron chi connectivity index (χ4n) is 2.30. The average molecular weight is 365 g/mol. The van der Waals surface area contributed by atoms with E-state index < -0.39 is 23.6 Å². The maximum Gasteiger partial charge on any atom is 0.343 e. The Morgan fingerprint density at radius 1 is 1.32 bits per heavy atom. The van der Waals surface area contributed by atoms with Gasteiger partial charge in [-0.15, -0.1) is 0 Å². The number of carbonyl (C=O) groups excluding carboxylic acids is 2. The highest BCUT2D eigenvalue weighted by molar-refractivity contribution is 8.13. The van der Waals surface area contributed by atoms with E-state index >= 15 is 0 Å². The number of aliphatic hydroxyl groups is 2. The summed E-state index contributed by atoms with van der Waals surface area (Å²) in [6.45, 7) is 3.16. The number of hydrogen-bond donors (Lipinski definition) is 3. The van der Waals surface area contributed by atoms with Gasteiger partial charge in [-0.2, -0.15) is 0 Å². The second kappa shape index (κ2) is 8.28. The topological polar surface area (TPSA) is 117 Å². The molecule has 1 aromatic heterocycles. The number of aliphatic hydroxyl groups excluding tert-OH is 2. The number of ether oxygens (including phenoxy) is 1. The first kappa shape index (κ1) is 19.2. The van der Waals surface area contributed by atoms with Gasteiger partial charge in [0.1, 0.15) is 11.7 Å². The lowest BCUT2D eigenvalue weighted by Crippen LogP contribution is -2.22. The summed E-state index contributed by atoms with van der Waals surface area (Å²) in [5.41, 5.74) is 0.153. The lowest BCUT2D eigenvalue weighted by molar-refractivity contribution is -0.109. The molecule has 2 unspecified atom stereocenters. The number of H-pyrrole nitrogens is 1. The van der Waals surface area contributed by atoms with Gasteiger partial charge in [-0.1, -0.05) is 17.8 Å². The molecule has 2 rings (SSSR count). The summed E-state index contributed by atoms with van der Waals surface area (Å²) in [5.74, 6) is -0.692. The van der Waals surface area contributed by atoms with Crippen molar-refractivity contribution in [3.05, 3.63) is 45.7 Å². The molecule has 0 aliphatic rings. The van der Waals surface area contributed by atoms with E-state index in [0.717, 1.165) is 11.8 Å². The van der Waals surface area contributed by atoms with Gasteiger partial charge in [0.25, 0.3) is 0 Å². The van der Waals surface area contributed by atoms with Gasteiger partial charge in [0.05, 0.1) is 12.7 Å². The third-order valence-corrected chi connectivity index (χ3v) is 4.48. The highest BCUT2D eigenvalue weighted by Crippen LogP contribution is 2.22. The molecular formula is C17H19NO6S. The maximum atomic E-state index is 12.5. The van der Waals surface area contributed by atoms with E-state index in [9.17, 15) is 24.6 Å². The van der Waals surface area contributed by atoms with Crippen LogP contribution in [0.3, 0.4) is 0 Å². The number of aromatic nitrogens is 1. The number of carbonyl (C=O) groups is 2. The number of fused-ring (bicyclic) bond motifs is 1. The first-order valence-corrected chi connectivity index (χ1v) is 8.65. The number of hydrogen-bond acceptors (Lipinski definition) is 7. The SMILES string of the molecule is CCOC(=O)c1c[nH]c2ccc(C(O)C(O)CSC(C)=O)cc2c1=O. The minimum Gasteiger partial charge on any atom is -0.462 e. The van der Waals surface area contributed by atoms with Crippen molar-refractivity contribution in [2.45, 2.75) is 26.1 Å². The number of pyridine rings is 1. The molecule has 0 spiro atoms. The number of benzene rings is 1. The fraction of sp³-hybridized carbons (Fsp3) is 0.353. The van der Waals surface area contributed by atoms with E-state index in [1.807, 2.05) is 0 Å². The first-order chi connectivity index (χ1) is 11.8. The second-order valence-electron chi connectivity index (χ2n) is 5.37. The van der Waals surface area contributed by atoms with Gasteiger partial charge < -0.3 is 19.9 Å². The van der Waals surface area contributed by atoms with E-state index in [1.165, 1.54) is 19.2 Å². The molecule has 0 aliphatic heterocycles. The van der Waals surface area contributed by atoms with Crippen molar-refractivity contribution < 1.29 is 24.5 Å². The molecule has 134 valence electrons. The van der Waals surface area contributed by atoms with Crippen LogP contribution in [-0.4, -0.2) is 44.7 Å². The molecule has 1 heterocycles. The predicted octanol–water partition coefficient (Wildman–Crippen LogP) is 1.38. The largest absolute Gasteiger partial charge is 0.462 e. The van der Waals surface area contributed by atoms with Crippen molar-refractivity contribution >= 4 is 33.7 Å². The highest BCUT2D eigenvalue weighted by Gasteiger charge is 2.21. The van der Waals surface area contributed by atoms with Crippen LogP contribution in [0.1, 0.15) is 35.9 Å². The summed E-state index contributed by atoms with van der Waals surface area (Å²) in [5, 5.41) is 20.3. The Bertz CT molecular complexity index is 847. The van der Waals surface area contributed by atoms with E-state index in [-0.39, 0.29) is 28.4 Å². The summed E-state index contributed by atoms with van der Waals surface area (Å²) in [6, 6.07) is 4.56. The molecule has 0 fully saturated rings. The number of aromatic amines is 1. The van der Waals surface area contributed by atoms with Gasteiger partial charge in [-0.3, -0.25) is 9.59 Å². The molecule has 7 nitrogen and oxygen atoms in total. The van der Waals surface area contributed by atoms with Crippen molar-refractivity contribution in [1.29, 1.82) is 0 Å². The van der Waals surface area contributed by atoms with Crippen molar-refractivity contribution in [2.24, 2.45) is 0 Å². The fourth-order valence-corrected chi connectivity index (χ4v) is 2.88. The minimum absolute atomic E-state index is 0.0355. The van der Waals surface area contributed by atoms with Crippen LogP contribution in [-0.2, 0) is 9.53 Å². The highest BCUT2D eigenvalue weighted by atomic mass is 32.2. The summed E-state index contributed by atoms with van der Waals surface area (Å²) in [4.78, 5) is 38.1. The summed E-state index contributed by atoms with van der Waals surface area (Å²) < 4.78 is 4.84. The van der Waals surface area contributed by atoms with Crippen LogP contribution < -0.4 is 5.43 Å². The zero-order valence-corrected chi connectivity index (χ0v) is 14.6. The van der Waals surface area contributed by atoms with Crippen molar-refractivity contribution in [2.75, 3.05) is 12.4 Å². The van der Waals surface area contributed by atoms with Crippen LogP contribution in [0.2, 0.25) is 0 Å². The monoisotopic (exact) mass is 365 g/mol. The van der Waals surface area contributed by atoms with E-state index in [1.54, 1.807) is 19.1 Å². The smallest absolute Gasteiger partial charge is 0.343 e. The molecule has 25 heavy (non-hydrogen) atoms. The Morgan fingerprint density at radius 3 is 2.68 bits per heavy atom. The number of nitrogens with one attached hydrogen (secondary N) is 1. The van der Waals surface area contributed by atoms with Crippen LogP contribution in [0.5, 0.6) is 0 Å². The van der Waals surface area contributed by atoms with Gasteiger partial charge in [0, 0.05) is 29.8 Å². The average Bonchev–Trinajstić information content (AvgIpc) is 2.59. The zero-order valence-electron chi connectivity index (χ0n) is 13.8. The first-order valence-electron chi connectivity index (χ1n) is 7.67.